The molecule has 3 rings (SSSR count). The number of anilines is 1. The number of carbonyl (C=O) groups excluding carboxylic acids is 1. The van der Waals surface area contributed by atoms with Crippen LogP contribution in [0.3, 0.4) is 0 Å². The summed E-state index contributed by atoms with van der Waals surface area (Å²) in [7, 11) is -5.83. The van der Waals surface area contributed by atoms with Gasteiger partial charge >= 0.3 is 0 Å². The van der Waals surface area contributed by atoms with E-state index >= 15 is 0 Å². The molecule has 0 saturated carbocycles. The van der Waals surface area contributed by atoms with E-state index in [1.807, 2.05) is 26.8 Å². The molecular formula is C21H27N5O5S2. The van der Waals surface area contributed by atoms with Crippen molar-refractivity contribution in [1.82, 2.24) is 14.1 Å². The van der Waals surface area contributed by atoms with E-state index in [2.05, 4.69) is 10.4 Å². The second kappa shape index (κ2) is 8.89. The minimum Gasteiger partial charge on any atom is -0.310 e. The molecule has 1 aliphatic heterocycles. The fourth-order valence-electron chi connectivity index (χ4n) is 3.45. The van der Waals surface area contributed by atoms with Crippen molar-refractivity contribution in [1.29, 1.82) is 5.26 Å². The van der Waals surface area contributed by atoms with Gasteiger partial charge in [-0.25, -0.2) is 21.5 Å². The average molecular weight is 494 g/mol. The summed E-state index contributed by atoms with van der Waals surface area (Å²) in [4.78, 5) is 12.7. The molecule has 0 radical (unpaired) electrons. The van der Waals surface area contributed by atoms with E-state index in [9.17, 15) is 21.6 Å². The van der Waals surface area contributed by atoms with Gasteiger partial charge in [-0.15, -0.1) is 0 Å². The number of aromatic nitrogens is 2. The van der Waals surface area contributed by atoms with Crippen LogP contribution in [0.4, 0.5) is 5.82 Å². The highest BCUT2D eigenvalue weighted by atomic mass is 32.2. The Bertz CT molecular complexity index is 1300. The summed E-state index contributed by atoms with van der Waals surface area (Å²) in [5, 5.41) is 16.1. The zero-order valence-corrected chi connectivity index (χ0v) is 20.6. The minimum atomic E-state index is -3.95. The Kier molecular flexibility index (Phi) is 6.70. The number of likely N-dealkylation sites (N-methyl/N-ethyl adjacent to an activating group) is 1. The summed E-state index contributed by atoms with van der Waals surface area (Å²) in [6.45, 7) is 5.40. The number of hydrogen-bond donors (Lipinski definition) is 1. The molecule has 12 heteroatoms. The molecule has 1 aliphatic rings. The molecule has 2 aromatic rings. The summed E-state index contributed by atoms with van der Waals surface area (Å²) in [6, 6.07) is 8.62. The van der Waals surface area contributed by atoms with Gasteiger partial charge in [0.25, 0.3) is 0 Å². The van der Waals surface area contributed by atoms with Crippen molar-refractivity contribution in [3.8, 4) is 6.07 Å². The quantitative estimate of drug-likeness (QED) is 0.645. The maximum atomic E-state index is 12.8. The van der Waals surface area contributed by atoms with Crippen LogP contribution in [0.2, 0.25) is 0 Å². The fourth-order valence-corrected chi connectivity index (χ4v) is 6.27. The molecule has 1 amide bonds. The largest absolute Gasteiger partial charge is 0.310 e. The Morgan fingerprint density at radius 2 is 1.94 bits per heavy atom. The molecule has 1 saturated heterocycles. The van der Waals surface area contributed by atoms with Gasteiger partial charge in [0.15, 0.2) is 9.84 Å². The average Bonchev–Trinajstić information content (AvgIpc) is 3.30. The number of benzene rings is 1. The molecule has 0 aliphatic carbocycles. The number of carbonyl (C=O) groups is 1. The second-order valence-electron chi connectivity index (χ2n) is 9.11. The molecule has 1 aromatic carbocycles. The van der Waals surface area contributed by atoms with Gasteiger partial charge in [-0.3, -0.25) is 4.79 Å². The lowest BCUT2D eigenvalue weighted by atomic mass is 9.92. The van der Waals surface area contributed by atoms with Crippen molar-refractivity contribution in [2.24, 2.45) is 0 Å². The molecular weight excluding hydrogens is 466 g/mol. The van der Waals surface area contributed by atoms with Gasteiger partial charge in [-0.05, 0) is 30.7 Å². The smallest absolute Gasteiger partial charge is 0.243 e. The first kappa shape index (κ1) is 24.9. The molecule has 10 nitrogen and oxygen atoms in total. The van der Waals surface area contributed by atoms with Crippen LogP contribution in [0.25, 0.3) is 0 Å². The normalized spacial score (nSPS) is 18.2. The third-order valence-corrected chi connectivity index (χ3v) is 8.95. The van der Waals surface area contributed by atoms with E-state index in [1.165, 1.54) is 36.0 Å². The number of rotatable bonds is 6. The molecule has 0 bridgehead atoms. The van der Waals surface area contributed by atoms with Crippen molar-refractivity contribution in [2.45, 2.75) is 43.5 Å². The van der Waals surface area contributed by atoms with Crippen molar-refractivity contribution >= 4 is 31.6 Å². The maximum Gasteiger partial charge on any atom is 0.243 e. The van der Waals surface area contributed by atoms with E-state index in [4.69, 9.17) is 5.26 Å². The number of sulfonamides is 1. The Morgan fingerprint density at radius 3 is 2.45 bits per heavy atom. The van der Waals surface area contributed by atoms with Crippen LogP contribution in [-0.2, 0) is 30.1 Å². The lowest BCUT2D eigenvalue weighted by Crippen LogP contribution is -2.35. The predicted molar refractivity (Wildman–Crippen MR) is 123 cm³/mol. The highest BCUT2D eigenvalue weighted by Gasteiger charge is 2.33. The third kappa shape index (κ3) is 5.61. The van der Waals surface area contributed by atoms with Gasteiger partial charge in [-0.1, -0.05) is 20.8 Å². The van der Waals surface area contributed by atoms with Gasteiger partial charge in [-0.2, -0.15) is 14.7 Å². The lowest BCUT2D eigenvalue weighted by Gasteiger charge is -2.18. The van der Waals surface area contributed by atoms with Gasteiger partial charge in [0.1, 0.15) is 5.82 Å². The van der Waals surface area contributed by atoms with Crippen molar-refractivity contribution in [2.75, 3.05) is 30.4 Å². The molecule has 178 valence electrons. The van der Waals surface area contributed by atoms with E-state index in [0.29, 0.717) is 23.5 Å². The summed E-state index contributed by atoms with van der Waals surface area (Å²) >= 11 is 0. The van der Waals surface area contributed by atoms with E-state index in [1.54, 1.807) is 6.07 Å². The van der Waals surface area contributed by atoms with Crippen molar-refractivity contribution in [3.05, 3.63) is 41.6 Å². The first-order valence-corrected chi connectivity index (χ1v) is 13.6. The lowest BCUT2D eigenvalue weighted by molar-refractivity contribution is -0.116. The van der Waals surface area contributed by atoms with Crippen LogP contribution in [0, 0.1) is 11.3 Å². The molecule has 0 spiro atoms. The summed E-state index contributed by atoms with van der Waals surface area (Å²) in [5.74, 6) is -0.261. The first-order chi connectivity index (χ1) is 15.2. The number of nitrogens with zero attached hydrogens (tertiary/aromatic N) is 4. The molecule has 1 aromatic heterocycles. The number of sulfone groups is 1. The van der Waals surface area contributed by atoms with Crippen molar-refractivity contribution in [3.63, 3.8) is 0 Å². The Balaban J connectivity index is 1.80. The van der Waals surface area contributed by atoms with Gasteiger partial charge in [0.2, 0.25) is 15.9 Å². The van der Waals surface area contributed by atoms with E-state index in [-0.39, 0.29) is 21.8 Å². The predicted octanol–water partition coefficient (Wildman–Crippen LogP) is 1.67. The molecule has 33 heavy (non-hydrogen) atoms. The van der Waals surface area contributed by atoms with Gasteiger partial charge < -0.3 is 5.32 Å². The Labute approximate surface area is 194 Å². The summed E-state index contributed by atoms with van der Waals surface area (Å²) in [6.07, 6.45) is 0.392. The monoisotopic (exact) mass is 493 g/mol. The molecule has 1 atom stereocenters. The molecule has 1 fully saturated rings. The van der Waals surface area contributed by atoms with Crippen LogP contribution >= 0.6 is 0 Å². The minimum absolute atomic E-state index is 0.0342. The molecule has 1 unspecified atom stereocenters. The number of amides is 1. The molecule has 1 N–H and O–H groups in total. The Morgan fingerprint density at radius 1 is 1.30 bits per heavy atom. The Hall–Kier alpha value is -2.75. The zero-order chi connectivity index (χ0) is 24.6. The fraction of sp³-hybridized carbons (Fsp3) is 0.476. The zero-order valence-electron chi connectivity index (χ0n) is 18.9. The van der Waals surface area contributed by atoms with Crippen LogP contribution in [0.15, 0.2) is 35.2 Å². The number of nitrogens with one attached hydrogen (secondary N) is 1. The highest BCUT2D eigenvalue weighted by molar-refractivity contribution is 7.91. The summed E-state index contributed by atoms with van der Waals surface area (Å²) in [5.41, 5.74) is 0.671. The van der Waals surface area contributed by atoms with Gasteiger partial charge in [0.05, 0.1) is 46.3 Å². The SMILES string of the molecule is CN(CC(=O)Nc1cc(C(C)(C)C)nn1C1CCS(=O)(=O)C1)S(=O)(=O)c1ccc(C#N)cc1. The molecule has 2 heterocycles. The van der Waals surface area contributed by atoms with E-state index < -0.39 is 38.4 Å². The topological polar surface area (TPSA) is 142 Å². The number of nitriles is 1. The number of hydrogen-bond acceptors (Lipinski definition) is 7. The second-order valence-corrected chi connectivity index (χ2v) is 13.4. The van der Waals surface area contributed by atoms with E-state index in [0.717, 1.165) is 4.31 Å². The van der Waals surface area contributed by atoms with Gasteiger partial charge in [0, 0.05) is 18.5 Å². The van der Waals surface area contributed by atoms with Crippen LogP contribution in [-0.4, -0.2) is 61.9 Å². The van der Waals surface area contributed by atoms with Crippen LogP contribution in [0.5, 0.6) is 0 Å². The summed E-state index contributed by atoms with van der Waals surface area (Å²) < 4.78 is 51.9. The van der Waals surface area contributed by atoms with Crippen LogP contribution < -0.4 is 5.32 Å². The first-order valence-electron chi connectivity index (χ1n) is 10.3. The third-order valence-electron chi connectivity index (χ3n) is 5.38. The van der Waals surface area contributed by atoms with Crippen molar-refractivity contribution < 1.29 is 21.6 Å². The maximum absolute atomic E-state index is 12.8. The standard InChI is InChI=1S/C21H27N5O5S2/c1-21(2,3)18-11-19(26(24-18)16-9-10-32(28,29)14-16)23-20(27)13-25(4)33(30,31)17-7-5-15(12-22)6-8-17/h5-8,11,16H,9-10,13-14H2,1-4H3,(H,23,27). The van der Waals surface area contributed by atoms with Crippen LogP contribution in [0.1, 0.15) is 44.5 Å². The highest BCUT2D eigenvalue weighted by Crippen LogP contribution is 2.31.